The van der Waals surface area contributed by atoms with E-state index in [2.05, 4.69) is 60.7 Å². The molecule has 174 valence electrons. The van der Waals surface area contributed by atoms with Crippen LogP contribution in [0.25, 0.3) is 0 Å². The van der Waals surface area contributed by atoms with Gasteiger partial charge in [0.15, 0.2) is 0 Å². The zero-order valence-corrected chi connectivity index (χ0v) is 20.2. The van der Waals surface area contributed by atoms with E-state index in [1.54, 1.807) is 12.3 Å². The van der Waals surface area contributed by atoms with Gasteiger partial charge in [-0.1, -0.05) is 109 Å². The average molecular weight is 478 g/mol. The molecule has 2 fully saturated rings. The van der Waals surface area contributed by atoms with Gasteiger partial charge in [-0.3, -0.25) is 0 Å². The summed E-state index contributed by atoms with van der Waals surface area (Å²) in [5.74, 6) is 0.680. The molecule has 6 rings (SSSR count). The topological polar surface area (TPSA) is 31.2 Å². The summed E-state index contributed by atoms with van der Waals surface area (Å²) in [6.07, 6.45) is 3.84. The largest absolute Gasteiger partial charge is 0.340 e. The van der Waals surface area contributed by atoms with Gasteiger partial charge in [0.05, 0.1) is 5.92 Å². The first-order chi connectivity index (χ1) is 17.2. The van der Waals surface area contributed by atoms with E-state index in [0.29, 0.717) is 16.5 Å². The maximum Gasteiger partial charge on any atom is 0.340 e. The number of rotatable bonds is 7. The van der Waals surface area contributed by atoms with Gasteiger partial charge in [-0.15, -0.1) is 0 Å². The molecule has 1 aromatic heterocycles. The molecule has 0 N–H and O–H groups in total. The molecule has 4 aromatic rings. The van der Waals surface area contributed by atoms with Gasteiger partial charge in [0.1, 0.15) is 4.64 Å². The van der Waals surface area contributed by atoms with Gasteiger partial charge in [-0.25, -0.2) is 4.79 Å². The Morgan fingerprint density at radius 3 is 2.00 bits per heavy atom. The van der Waals surface area contributed by atoms with E-state index < -0.39 is 0 Å². The highest BCUT2D eigenvalue weighted by molar-refractivity contribution is 7.71. The molecule has 0 bridgehead atoms. The highest BCUT2D eigenvalue weighted by atomic mass is 32.1. The van der Waals surface area contributed by atoms with Gasteiger partial charge in [0.2, 0.25) is 0 Å². The molecule has 3 nitrogen and oxygen atoms in total. The Kier molecular flexibility index (Phi) is 5.62. The SMILES string of the molecule is O=C(On1ccccc1=S)C(c1ccccc1)[C@@H]1C[C@H]1[C@@H]1CC1(c1ccccc1)c1ccccc1. The first-order valence-corrected chi connectivity index (χ1v) is 12.7. The summed E-state index contributed by atoms with van der Waals surface area (Å²) in [4.78, 5) is 19.4. The molecule has 35 heavy (non-hydrogen) atoms. The summed E-state index contributed by atoms with van der Waals surface area (Å²) >= 11 is 5.35. The molecule has 3 aromatic carbocycles. The molecule has 0 saturated heterocycles. The number of carbonyl (C=O) groups is 1. The van der Waals surface area contributed by atoms with E-state index >= 15 is 0 Å². The van der Waals surface area contributed by atoms with Crippen LogP contribution in [0.1, 0.15) is 35.4 Å². The lowest BCUT2D eigenvalue weighted by atomic mass is 9.83. The van der Waals surface area contributed by atoms with E-state index in [1.807, 2.05) is 42.5 Å². The predicted molar refractivity (Wildman–Crippen MR) is 139 cm³/mol. The molecular formula is C31H27NO2S. The molecule has 1 unspecified atom stereocenters. The van der Waals surface area contributed by atoms with Crippen molar-refractivity contribution in [3.05, 3.63) is 137 Å². The number of aromatic nitrogens is 1. The van der Waals surface area contributed by atoms with Crippen molar-refractivity contribution in [2.75, 3.05) is 0 Å². The standard InChI is InChI=1S/C31H27NO2S/c33-30(34-32-19-11-10-18-28(32)35)29(22-12-4-1-5-13-22)26-20-25(26)27-21-31(27,23-14-6-2-7-15-23)24-16-8-3-9-17-24/h1-19,25-27,29H,20-21H2/t25-,26-,27+,29?/m1/s1. The number of benzene rings is 3. The minimum absolute atomic E-state index is 0.0229. The van der Waals surface area contributed by atoms with Crippen LogP contribution in [0, 0.1) is 22.4 Å². The summed E-state index contributed by atoms with van der Waals surface area (Å²) in [7, 11) is 0. The Balaban J connectivity index is 1.31. The van der Waals surface area contributed by atoms with Crippen LogP contribution >= 0.6 is 12.2 Å². The molecule has 4 heteroatoms. The van der Waals surface area contributed by atoms with Crippen molar-refractivity contribution in [3.8, 4) is 0 Å². The van der Waals surface area contributed by atoms with Gasteiger partial charge in [-0.05, 0) is 59.4 Å². The minimum atomic E-state index is -0.312. The summed E-state index contributed by atoms with van der Waals surface area (Å²) in [5, 5.41) is 0. The van der Waals surface area contributed by atoms with Crippen LogP contribution in [0.5, 0.6) is 0 Å². The molecule has 0 aliphatic heterocycles. The minimum Gasteiger partial charge on any atom is -0.335 e. The van der Waals surface area contributed by atoms with Crippen LogP contribution in [0.2, 0.25) is 0 Å². The van der Waals surface area contributed by atoms with Crippen molar-refractivity contribution < 1.29 is 9.63 Å². The fourth-order valence-corrected chi connectivity index (χ4v) is 6.22. The molecule has 1 heterocycles. The lowest BCUT2D eigenvalue weighted by Gasteiger charge is -2.21. The Bertz CT molecular complexity index is 1340. The van der Waals surface area contributed by atoms with Crippen LogP contribution in [-0.4, -0.2) is 10.7 Å². The van der Waals surface area contributed by atoms with Gasteiger partial charge >= 0.3 is 5.97 Å². The third-order valence-corrected chi connectivity index (χ3v) is 8.13. The van der Waals surface area contributed by atoms with E-state index in [4.69, 9.17) is 17.1 Å². The quantitative estimate of drug-likeness (QED) is 0.281. The number of hydrogen-bond donors (Lipinski definition) is 0. The monoisotopic (exact) mass is 477 g/mol. The van der Waals surface area contributed by atoms with Crippen LogP contribution in [0.4, 0.5) is 0 Å². The number of pyridine rings is 1. The van der Waals surface area contributed by atoms with E-state index in [9.17, 15) is 4.79 Å². The Labute approximate surface area is 211 Å². The van der Waals surface area contributed by atoms with Gasteiger partial charge in [0, 0.05) is 11.6 Å². The lowest BCUT2D eigenvalue weighted by Crippen LogP contribution is -2.28. The molecular weight excluding hydrogens is 450 g/mol. The van der Waals surface area contributed by atoms with Crippen LogP contribution in [0.15, 0.2) is 115 Å². The van der Waals surface area contributed by atoms with Crippen molar-refractivity contribution in [1.29, 1.82) is 0 Å². The van der Waals surface area contributed by atoms with E-state index in [0.717, 1.165) is 18.4 Å². The summed E-state index contributed by atoms with van der Waals surface area (Å²) in [5.41, 5.74) is 3.78. The third kappa shape index (κ3) is 4.02. The zero-order valence-electron chi connectivity index (χ0n) is 19.4. The Morgan fingerprint density at radius 1 is 0.829 bits per heavy atom. The van der Waals surface area contributed by atoms with Gasteiger partial charge in [0.25, 0.3) is 0 Å². The molecule has 0 radical (unpaired) electrons. The molecule has 2 saturated carbocycles. The maximum absolute atomic E-state index is 13.5. The van der Waals surface area contributed by atoms with Crippen molar-refractivity contribution >= 4 is 18.2 Å². The summed E-state index contributed by atoms with van der Waals surface area (Å²) in [6.45, 7) is 0. The number of hydrogen-bond acceptors (Lipinski definition) is 3. The van der Waals surface area contributed by atoms with Crippen molar-refractivity contribution in [2.45, 2.75) is 24.2 Å². The number of nitrogens with zero attached hydrogens (tertiary/aromatic N) is 1. The Hall–Kier alpha value is -3.50. The Morgan fingerprint density at radius 2 is 1.40 bits per heavy atom. The van der Waals surface area contributed by atoms with Crippen LogP contribution in [-0.2, 0) is 10.2 Å². The fourth-order valence-electron chi connectivity index (χ4n) is 6.05. The lowest BCUT2D eigenvalue weighted by molar-refractivity contribution is -0.147. The van der Waals surface area contributed by atoms with Crippen LogP contribution < -0.4 is 4.84 Å². The third-order valence-electron chi connectivity index (χ3n) is 7.82. The second kappa shape index (κ2) is 8.94. The average Bonchev–Trinajstić information content (AvgIpc) is 3.82. The van der Waals surface area contributed by atoms with Crippen molar-refractivity contribution in [1.82, 2.24) is 4.73 Å². The highest BCUT2D eigenvalue weighted by Crippen LogP contribution is 2.70. The predicted octanol–water partition coefficient (Wildman–Crippen LogP) is 6.60. The molecule has 0 amide bonds. The molecule has 4 atom stereocenters. The first-order valence-electron chi connectivity index (χ1n) is 12.2. The van der Waals surface area contributed by atoms with Crippen molar-refractivity contribution in [2.24, 2.45) is 17.8 Å². The summed E-state index contributed by atoms with van der Waals surface area (Å²) < 4.78 is 1.88. The van der Waals surface area contributed by atoms with Crippen LogP contribution in [0.3, 0.4) is 0 Å². The second-order valence-corrected chi connectivity index (χ2v) is 10.2. The normalized spacial score (nSPS) is 22.7. The highest BCUT2D eigenvalue weighted by Gasteiger charge is 2.66. The number of carbonyl (C=O) groups excluding carboxylic acids is 1. The maximum atomic E-state index is 13.5. The first kappa shape index (κ1) is 22.0. The van der Waals surface area contributed by atoms with Gasteiger partial charge < -0.3 is 4.84 Å². The molecule has 0 spiro atoms. The zero-order chi connectivity index (χ0) is 23.8. The fraction of sp³-hybridized carbons (Fsp3) is 0.226. The van der Waals surface area contributed by atoms with Gasteiger partial charge in [-0.2, -0.15) is 4.73 Å². The molecule has 2 aliphatic rings. The summed E-state index contributed by atoms with van der Waals surface area (Å²) in [6, 6.07) is 37.2. The van der Waals surface area contributed by atoms with E-state index in [-0.39, 0.29) is 23.2 Å². The van der Waals surface area contributed by atoms with E-state index in [1.165, 1.54) is 15.9 Å². The molecule has 2 aliphatic carbocycles. The second-order valence-electron chi connectivity index (χ2n) is 9.74. The van der Waals surface area contributed by atoms with Crippen molar-refractivity contribution in [3.63, 3.8) is 0 Å². The smallest absolute Gasteiger partial charge is 0.335 e.